The van der Waals surface area contributed by atoms with Gasteiger partial charge in [0.15, 0.2) is 0 Å². The van der Waals surface area contributed by atoms with E-state index < -0.39 is 0 Å². The molecule has 2 heteroatoms. The second-order valence-electron chi connectivity index (χ2n) is 6.03. The van der Waals surface area contributed by atoms with Crippen LogP contribution in [0.5, 0.6) is 0 Å². The van der Waals surface area contributed by atoms with Gasteiger partial charge in [0.05, 0.1) is 0 Å². The highest BCUT2D eigenvalue weighted by molar-refractivity contribution is 5.36. The van der Waals surface area contributed by atoms with E-state index in [4.69, 9.17) is 5.11 Å². The Morgan fingerprint density at radius 1 is 1.10 bits per heavy atom. The van der Waals surface area contributed by atoms with Crippen LogP contribution in [0.3, 0.4) is 0 Å². The van der Waals surface area contributed by atoms with Crippen LogP contribution < -0.4 is 0 Å². The molecule has 1 aromatic carbocycles. The zero-order chi connectivity index (χ0) is 13.8. The minimum atomic E-state index is -0.0708. The molecular weight excluding hydrogens is 246 g/mol. The molecule has 20 heavy (non-hydrogen) atoms. The smallest absolute Gasteiger partial charge is 0.104 e. The number of aliphatic hydroxyl groups excluding tert-OH is 1. The number of fused-ring (bicyclic) bond motifs is 1. The average molecular weight is 269 g/mol. The molecule has 2 atom stereocenters. The molecule has 2 aliphatic rings. The highest BCUT2D eigenvalue weighted by Crippen LogP contribution is 2.37. The molecule has 1 aliphatic heterocycles. The Labute approximate surface area is 121 Å². The van der Waals surface area contributed by atoms with E-state index >= 15 is 0 Å². The molecule has 106 valence electrons. The summed E-state index contributed by atoms with van der Waals surface area (Å²) in [5.41, 5.74) is 2.37. The molecule has 1 N–H and O–H groups in total. The van der Waals surface area contributed by atoms with Crippen molar-refractivity contribution < 1.29 is 5.11 Å². The third kappa shape index (κ3) is 3.06. The standard InChI is InChI=1S/C18H23NO/c20-13-3-4-15-8-10-16(11-9-15)14-19-12-2-6-17-5-1-7-18(17)19/h8-11,17-18,20H,1-2,5-7,12-14H2. The first-order valence-electron chi connectivity index (χ1n) is 7.79. The van der Waals surface area contributed by atoms with Crippen LogP contribution in [-0.4, -0.2) is 29.2 Å². The van der Waals surface area contributed by atoms with Crippen molar-refractivity contribution in [3.8, 4) is 11.8 Å². The minimum absolute atomic E-state index is 0.0708. The summed E-state index contributed by atoms with van der Waals surface area (Å²) in [5.74, 6) is 6.60. The van der Waals surface area contributed by atoms with Gasteiger partial charge < -0.3 is 5.11 Å². The first kappa shape index (κ1) is 13.7. The van der Waals surface area contributed by atoms with Crippen molar-refractivity contribution in [1.29, 1.82) is 0 Å². The molecule has 1 saturated heterocycles. The lowest BCUT2D eigenvalue weighted by Crippen LogP contribution is -2.41. The van der Waals surface area contributed by atoms with E-state index in [1.165, 1.54) is 44.2 Å². The molecule has 0 aromatic heterocycles. The number of hydrogen-bond acceptors (Lipinski definition) is 2. The van der Waals surface area contributed by atoms with Crippen molar-refractivity contribution in [2.24, 2.45) is 5.92 Å². The predicted molar refractivity (Wildman–Crippen MR) is 81.2 cm³/mol. The Hall–Kier alpha value is -1.30. The Kier molecular flexibility index (Phi) is 4.40. The topological polar surface area (TPSA) is 23.5 Å². The summed E-state index contributed by atoms with van der Waals surface area (Å²) in [6, 6.07) is 9.32. The van der Waals surface area contributed by atoms with Gasteiger partial charge in [-0.1, -0.05) is 30.4 Å². The quantitative estimate of drug-likeness (QED) is 0.835. The van der Waals surface area contributed by atoms with E-state index in [1.54, 1.807) is 0 Å². The van der Waals surface area contributed by atoms with Crippen molar-refractivity contribution in [3.63, 3.8) is 0 Å². The summed E-state index contributed by atoms with van der Waals surface area (Å²) in [7, 11) is 0. The van der Waals surface area contributed by atoms with Crippen LogP contribution in [0, 0.1) is 17.8 Å². The van der Waals surface area contributed by atoms with Crippen LogP contribution in [0.4, 0.5) is 0 Å². The number of aliphatic hydroxyl groups is 1. The van der Waals surface area contributed by atoms with Gasteiger partial charge in [-0.2, -0.15) is 0 Å². The van der Waals surface area contributed by atoms with Crippen LogP contribution in [-0.2, 0) is 6.54 Å². The lowest BCUT2D eigenvalue weighted by atomic mass is 9.91. The Morgan fingerprint density at radius 2 is 1.90 bits per heavy atom. The molecule has 2 fully saturated rings. The zero-order valence-corrected chi connectivity index (χ0v) is 12.0. The van der Waals surface area contributed by atoms with E-state index in [-0.39, 0.29) is 6.61 Å². The van der Waals surface area contributed by atoms with Crippen molar-refractivity contribution in [2.45, 2.75) is 44.7 Å². The SMILES string of the molecule is OCC#Cc1ccc(CN2CCCC3CCCC32)cc1. The minimum Gasteiger partial charge on any atom is -0.384 e. The van der Waals surface area contributed by atoms with Crippen LogP contribution >= 0.6 is 0 Å². The van der Waals surface area contributed by atoms with Crippen molar-refractivity contribution in [3.05, 3.63) is 35.4 Å². The van der Waals surface area contributed by atoms with Crippen LogP contribution in [0.25, 0.3) is 0 Å². The van der Waals surface area contributed by atoms with Gasteiger partial charge in [0.2, 0.25) is 0 Å². The van der Waals surface area contributed by atoms with Gasteiger partial charge in [-0.25, -0.2) is 0 Å². The second kappa shape index (κ2) is 6.43. The van der Waals surface area contributed by atoms with E-state index in [0.29, 0.717) is 0 Å². The molecule has 2 nitrogen and oxygen atoms in total. The Bertz CT molecular complexity index is 496. The van der Waals surface area contributed by atoms with Gasteiger partial charge in [0.1, 0.15) is 6.61 Å². The normalized spacial score (nSPS) is 25.9. The first-order chi connectivity index (χ1) is 9.86. The van der Waals surface area contributed by atoms with E-state index in [2.05, 4.69) is 41.0 Å². The number of hydrogen-bond donors (Lipinski definition) is 1. The summed E-state index contributed by atoms with van der Waals surface area (Å²) in [5, 5.41) is 8.71. The maximum Gasteiger partial charge on any atom is 0.104 e. The molecule has 3 rings (SSSR count). The van der Waals surface area contributed by atoms with Gasteiger partial charge in [-0.15, -0.1) is 0 Å². The lowest BCUT2D eigenvalue weighted by molar-refractivity contribution is 0.106. The average Bonchev–Trinajstić information content (AvgIpc) is 2.96. The molecule has 1 aliphatic carbocycles. The van der Waals surface area contributed by atoms with E-state index in [1.807, 2.05) is 0 Å². The van der Waals surface area contributed by atoms with Crippen molar-refractivity contribution in [2.75, 3.05) is 13.2 Å². The van der Waals surface area contributed by atoms with Crippen LogP contribution in [0.1, 0.15) is 43.2 Å². The molecule has 0 amide bonds. The summed E-state index contributed by atoms with van der Waals surface area (Å²) in [6.07, 6.45) is 7.06. The Balaban J connectivity index is 1.65. The fourth-order valence-corrected chi connectivity index (χ4v) is 3.82. The number of rotatable bonds is 2. The van der Waals surface area contributed by atoms with Crippen LogP contribution in [0.2, 0.25) is 0 Å². The molecule has 1 saturated carbocycles. The van der Waals surface area contributed by atoms with Gasteiger partial charge in [0, 0.05) is 18.2 Å². The summed E-state index contributed by atoms with van der Waals surface area (Å²) < 4.78 is 0. The number of likely N-dealkylation sites (tertiary alicyclic amines) is 1. The Morgan fingerprint density at radius 3 is 2.70 bits per heavy atom. The fraction of sp³-hybridized carbons (Fsp3) is 0.556. The van der Waals surface area contributed by atoms with E-state index in [0.717, 1.165) is 24.1 Å². The number of benzene rings is 1. The van der Waals surface area contributed by atoms with Gasteiger partial charge in [-0.05, 0) is 55.8 Å². The predicted octanol–water partition coefficient (Wildman–Crippen LogP) is 2.79. The highest BCUT2D eigenvalue weighted by atomic mass is 16.2. The van der Waals surface area contributed by atoms with Crippen LogP contribution in [0.15, 0.2) is 24.3 Å². The molecule has 1 aromatic rings. The summed E-state index contributed by atoms with van der Waals surface area (Å²) in [6.45, 7) is 2.26. The maximum atomic E-state index is 8.71. The number of piperidine rings is 1. The van der Waals surface area contributed by atoms with Gasteiger partial charge in [0.25, 0.3) is 0 Å². The maximum absolute atomic E-state index is 8.71. The lowest BCUT2D eigenvalue weighted by Gasteiger charge is -2.37. The third-order valence-corrected chi connectivity index (χ3v) is 4.76. The van der Waals surface area contributed by atoms with Crippen molar-refractivity contribution >= 4 is 0 Å². The largest absolute Gasteiger partial charge is 0.384 e. The highest BCUT2D eigenvalue weighted by Gasteiger charge is 2.34. The molecule has 0 spiro atoms. The molecule has 1 heterocycles. The zero-order valence-electron chi connectivity index (χ0n) is 12.0. The fourth-order valence-electron chi connectivity index (χ4n) is 3.82. The molecular formula is C18H23NO. The molecule has 2 unspecified atom stereocenters. The molecule has 0 radical (unpaired) electrons. The van der Waals surface area contributed by atoms with Gasteiger partial charge >= 0.3 is 0 Å². The van der Waals surface area contributed by atoms with Crippen molar-refractivity contribution in [1.82, 2.24) is 4.90 Å². The third-order valence-electron chi connectivity index (χ3n) is 4.76. The summed E-state index contributed by atoms with van der Waals surface area (Å²) >= 11 is 0. The monoisotopic (exact) mass is 269 g/mol. The van der Waals surface area contributed by atoms with Gasteiger partial charge in [-0.3, -0.25) is 4.90 Å². The van der Waals surface area contributed by atoms with E-state index in [9.17, 15) is 0 Å². The number of nitrogens with zero attached hydrogens (tertiary/aromatic N) is 1. The molecule has 0 bridgehead atoms. The first-order valence-corrected chi connectivity index (χ1v) is 7.79. The second-order valence-corrected chi connectivity index (χ2v) is 6.03. The summed E-state index contributed by atoms with van der Waals surface area (Å²) in [4.78, 5) is 2.69.